The van der Waals surface area contributed by atoms with Crippen molar-refractivity contribution in [3.8, 4) is 0 Å². The van der Waals surface area contributed by atoms with Gasteiger partial charge in [-0.05, 0) is 57.9 Å². The summed E-state index contributed by atoms with van der Waals surface area (Å²) in [7, 11) is 0. The quantitative estimate of drug-likeness (QED) is 0.792. The number of aryl methyl sites for hydroxylation is 1. The number of benzene rings is 1. The van der Waals surface area contributed by atoms with Gasteiger partial charge in [0.05, 0.1) is 0 Å². The number of carbonyl (C=O) groups is 1. The Morgan fingerprint density at radius 1 is 1.25 bits per heavy atom. The Morgan fingerprint density at radius 3 is 2.55 bits per heavy atom. The zero-order chi connectivity index (χ0) is 15.2. The van der Waals surface area contributed by atoms with Gasteiger partial charge < -0.3 is 15.4 Å². The second kappa shape index (κ2) is 7.53. The summed E-state index contributed by atoms with van der Waals surface area (Å²) in [5.74, 6) is 0. The van der Waals surface area contributed by atoms with Crippen LogP contribution in [0.5, 0.6) is 0 Å². The molecule has 0 aromatic heterocycles. The van der Waals surface area contributed by atoms with Gasteiger partial charge in [0.1, 0.15) is 5.60 Å². The average molecular weight is 343 g/mol. The van der Waals surface area contributed by atoms with Crippen LogP contribution in [0.15, 0.2) is 22.7 Å². The van der Waals surface area contributed by atoms with Crippen LogP contribution in [0, 0.1) is 6.92 Å². The van der Waals surface area contributed by atoms with Crippen LogP contribution in [0.2, 0.25) is 0 Å². The number of anilines is 1. The normalized spacial score (nSPS) is 11.1. The summed E-state index contributed by atoms with van der Waals surface area (Å²) in [6, 6.07) is 6.19. The summed E-state index contributed by atoms with van der Waals surface area (Å²) in [6.45, 7) is 9.00. The molecule has 0 heterocycles. The molecule has 1 rings (SSSR count). The van der Waals surface area contributed by atoms with Crippen molar-refractivity contribution in [2.75, 3.05) is 18.4 Å². The van der Waals surface area contributed by atoms with Gasteiger partial charge in [-0.15, -0.1) is 0 Å². The van der Waals surface area contributed by atoms with Crippen molar-refractivity contribution in [2.24, 2.45) is 0 Å². The van der Waals surface area contributed by atoms with Crippen LogP contribution in [0.25, 0.3) is 0 Å². The predicted molar refractivity (Wildman–Crippen MR) is 86.2 cm³/mol. The smallest absolute Gasteiger partial charge is 0.407 e. The predicted octanol–water partition coefficient (Wildman–Crippen LogP) is 4.08. The van der Waals surface area contributed by atoms with Crippen molar-refractivity contribution < 1.29 is 9.53 Å². The van der Waals surface area contributed by atoms with Gasteiger partial charge in [-0.1, -0.05) is 15.9 Å². The van der Waals surface area contributed by atoms with Gasteiger partial charge in [0, 0.05) is 23.2 Å². The van der Waals surface area contributed by atoms with E-state index in [-0.39, 0.29) is 6.09 Å². The van der Waals surface area contributed by atoms with Gasteiger partial charge in [-0.2, -0.15) is 0 Å². The first kappa shape index (κ1) is 16.8. The Balaban J connectivity index is 2.20. The van der Waals surface area contributed by atoms with E-state index in [4.69, 9.17) is 4.74 Å². The summed E-state index contributed by atoms with van der Waals surface area (Å²) in [6.07, 6.45) is 0.473. The van der Waals surface area contributed by atoms with Gasteiger partial charge >= 0.3 is 6.09 Å². The van der Waals surface area contributed by atoms with E-state index in [0.717, 1.165) is 23.1 Å². The summed E-state index contributed by atoms with van der Waals surface area (Å²) in [5.41, 5.74) is 1.83. The number of halogens is 1. The van der Waals surface area contributed by atoms with Crippen molar-refractivity contribution in [1.29, 1.82) is 0 Å². The number of nitrogens with one attached hydrogen (secondary N) is 2. The maximum atomic E-state index is 11.4. The molecule has 0 bridgehead atoms. The minimum atomic E-state index is -0.448. The fourth-order valence-corrected chi connectivity index (χ4v) is 2.27. The van der Waals surface area contributed by atoms with E-state index in [9.17, 15) is 4.79 Å². The lowest BCUT2D eigenvalue weighted by Crippen LogP contribution is -2.33. The van der Waals surface area contributed by atoms with Crippen LogP contribution in [0.4, 0.5) is 10.5 Å². The number of rotatable bonds is 5. The van der Waals surface area contributed by atoms with Crippen LogP contribution in [0.1, 0.15) is 32.8 Å². The molecule has 112 valence electrons. The van der Waals surface area contributed by atoms with E-state index in [1.54, 1.807) is 0 Å². The van der Waals surface area contributed by atoms with Crippen molar-refractivity contribution in [1.82, 2.24) is 5.32 Å². The first-order valence-corrected chi connectivity index (χ1v) is 7.53. The van der Waals surface area contributed by atoms with Gasteiger partial charge in [-0.25, -0.2) is 4.79 Å². The van der Waals surface area contributed by atoms with Crippen LogP contribution in [-0.2, 0) is 4.74 Å². The van der Waals surface area contributed by atoms with Gasteiger partial charge in [0.25, 0.3) is 0 Å². The second-order valence-corrected chi connectivity index (χ2v) is 6.64. The molecule has 1 amide bonds. The lowest BCUT2D eigenvalue weighted by atomic mass is 10.2. The Morgan fingerprint density at radius 2 is 1.95 bits per heavy atom. The molecular formula is C15H23BrN2O2. The van der Waals surface area contributed by atoms with Gasteiger partial charge in [0.2, 0.25) is 0 Å². The number of carbonyl (C=O) groups excluding carboxylic acids is 1. The Hall–Kier alpha value is -1.23. The Bertz CT molecular complexity index is 435. The topological polar surface area (TPSA) is 50.4 Å². The summed E-state index contributed by atoms with van der Waals surface area (Å²) in [5, 5.41) is 6.06. The molecule has 2 N–H and O–H groups in total. The highest BCUT2D eigenvalue weighted by Gasteiger charge is 2.15. The van der Waals surface area contributed by atoms with E-state index in [1.807, 2.05) is 26.8 Å². The van der Waals surface area contributed by atoms with Crippen LogP contribution < -0.4 is 10.6 Å². The minimum absolute atomic E-state index is 0.365. The molecule has 0 fully saturated rings. The monoisotopic (exact) mass is 342 g/mol. The molecule has 1 aromatic rings. The number of alkyl carbamates (subject to hydrolysis) is 1. The maximum Gasteiger partial charge on any atom is 0.407 e. The van der Waals surface area contributed by atoms with Crippen molar-refractivity contribution in [2.45, 2.75) is 39.7 Å². The van der Waals surface area contributed by atoms with E-state index in [1.165, 1.54) is 5.56 Å². The molecule has 5 heteroatoms. The molecule has 0 aliphatic carbocycles. The van der Waals surface area contributed by atoms with Crippen molar-refractivity contribution >= 4 is 27.7 Å². The summed E-state index contributed by atoms with van der Waals surface area (Å²) < 4.78 is 6.22. The van der Waals surface area contributed by atoms with E-state index < -0.39 is 5.60 Å². The van der Waals surface area contributed by atoms with Crippen molar-refractivity contribution in [3.05, 3.63) is 28.2 Å². The molecule has 0 saturated heterocycles. The molecule has 0 unspecified atom stereocenters. The zero-order valence-electron chi connectivity index (χ0n) is 12.5. The first-order valence-electron chi connectivity index (χ1n) is 6.74. The highest BCUT2D eigenvalue weighted by Crippen LogP contribution is 2.18. The van der Waals surface area contributed by atoms with Crippen LogP contribution >= 0.6 is 15.9 Å². The fraction of sp³-hybridized carbons (Fsp3) is 0.533. The highest BCUT2D eigenvalue weighted by atomic mass is 79.9. The molecule has 0 aliphatic heterocycles. The fourth-order valence-electron chi connectivity index (χ4n) is 1.66. The molecule has 0 spiro atoms. The van der Waals surface area contributed by atoms with Gasteiger partial charge in [-0.3, -0.25) is 0 Å². The van der Waals surface area contributed by atoms with E-state index >= 15 is 0 Å². The molecule has 20 heavy (non-hydrogen) atoms. The molecule has 4 nitrogen and oxygen atoms in total. The third-order valence-corrected chi connectivity index (χ3v) is 2.85. The maximum absolute atomic E-state index is 11.4. The standard InChI is InChI=1S/C15H23BrN2O2/c1-11-8-12(16)10-13(9-11)17-6-5-7-18-14(19)20-15(2,3)4/h8-10,17H,5-7H2,1-4H3,(H,18,19). The number of amides is 1. The number of hydrogen-bond acceptors (Lipinski definition) is 3. The largest absolute Gasteiger partial charge is 0.444 e. The molecule has 0 radical (unpaired) electrons. The molecule has 1 aromatic carbocycles. The number of hydrogen-bond donors (Lipinski definition) is 2. The highest BCUT2D eigenvalue weighted by molar-refractivity contribution is 9.10. The SMILES string of the molecule is Cc1cc(Br)cc(NCCCNC(=O)OC(C)(C)C)c1. The Kier molecular flexibility index (Phi) is 6.33. The Labute approximate surface area is 129 Å². The lowest BCUT2D eigenvalue weighted by molar-refractivity contribution is 0.0528. The van der Waals surface area contributed by atoms with E-state index in [2.05, 4.69) is 45.6 Å². The van der Waals surface area contributed by atoms with Crippen LogP contribution in [-0.4, -0.2) is 24.8 Å². The summed E-state index contributed by atoms with van der Waals surface area (Å²) >= 11 is 3.47. The minimum Gasteiger partial charge on any atom is -0.444 e. The third-order valence-electron chi connectivity index (χ3n) is 2.39. The third kappa shape index (κ3) is 7.38. The summed E-state index contributed by atoms with van der Waals surface area (Å²) in [4.78, 5) is 11.4. The molecular weight excluding hydrogens is 320 g/mol. The number of ether oxygens (including phenoxy) is 1. The average Bonchev–Trinajstić information content (AvgIpc) is 2.24. The molecule has 0 aliphatic rings. The van der Waals surface area contributed by atoms with E-state index in [0.29, 0.717) is 6.54 Å². The van der Waals surface area contributed by atoms with Crippen LogP contribution in [0.3, 0.4) is 0 Å². The lowest BCUT2D eigenvalue weighted by Gasteiger charge is -2.19. The first-order chi connectivity index (χ1) is 9.26. The zero-order valence-corrected chi connectivity index (χ0v) is 14.1. The van der Waals surface area contributed by atoms with Gasteiger partial charge in [0.15, 0.2) is 0 Å². The van der Waals surface area contributed by atoms with Crippen molar-refractivity contribution in [3.63, 3.8) is 0 Å². The molecule has 0 saturated carbocycles. The molecule has 0 atom stereocenters. The second-order valence-electron chi connectivity index (χ2n) is 5.73.